The van der Waals surface area contributed by atoms with E-state index in [0.29, 0.717) is 0 Å². The molecule has 0 atom stereocenters. The summed E-state index contributed by atoms with van der Waals surface area (Å²) in [5.74, 6) is 0.939. The molecule has 0 aliphatic heterocycles. The van der Waals surface area contributed by atoms with Gasteiger partial charge in [0.05, 0.1) is 16.7 Å². The maximum absolute atomic E-state index is 5.44. The van der Waals surface area contributed by atoms with Crippen molar-refractivity contribution >= 4 is 42.7 Å². The summed E-state index contributed by atoms with van der Waals surface area (Å²) >= 11 is 1.79. The largest absolute Gasteiger partial charge is 0.292 e. The van der Waals surface area contributed by atoms with Crippen LogP contribution in [0.2, 0.25) is 0 Å². The number of fused-ring (bicyclic) bond motifs is 8. The molecule has 0 unspecified atom stereocenters. The van der Waals surface area contributed by atoms with Gasteiger partial charge in [-0.15, -0.1) is 11.3 Å². The number of hydrogen-bond acceptors (Lipinski definition) is 3. The van der Waals surface area contributed by atoms with Gasteiger partial charge in [-0.2, -0.15) is 0 Å². The van der Waals surface area contributed by atoms with E-state index in [4.69, 9.17) is 9.97 Å². The van der Waals surface area contributed by atoms with Crippen LogP contribution < -0.4 is 0 Å². The minimum atomic E-state index is -0.170. The zero-order valence-corrected chi connectivity index (χ0v) is 28.0. The highest BCUT2D eigenvalue weighted by atomic mass is 32.1. The van der Waals surface area contributed by atoms with E-state index in [1.54, 1.807) is 11.3 Å². The van der Waals surface area contributed by atoms with E-state index in [0.717, 1.165) is 44.2 Å². The summed E-state index contributed by atoms with van der Waals surface area (Å²) < 4.78 is 3.53. The average Bonchev–Trinajstić information content (AvgIpc) is 3.80. The van der Waals surface area contributed by atoms with Crippen LogP contribution in [0.1, 0.15) is 25.0 Å². The molecule has 1 aliphatic carbocycles. The van der Waals surface area contributed by atoms with Crippen LogP contribution in [0.25, 0.3) is 81.9 Å². The molecule has 0 saturated heterocycles. The Kier molecular flexibility index (Phi) is 6.09. The van der Waals surface area contributed by atoms with Crippen molar-refractivity contribution in [2.45, 2.75) is 19.3 Å². The molecule has 3 aromatic heterocycles. The standard InChI is InChI=1S/C45H31N3S/c1-45(2)35-16-8-6-14-33(35)39-40-34-15-7-11-19-38(34)49-44(40)47-42(41(39)45)30-24-20-28(21-25-30)29-22-26-31(27-23-29)43-46-36-17-9-10-18-37(36)48(43)32-12-4-3-5-13-32/h3-27H,1-2H3. The van der Waals surface area contributed by atoms with Gasteiger partial charge in [-0.1, -0.05) is 135 Å². The maximum atomic E-state index is 5.44. The van der Waals surface area contributed by atoms with Gasteiger partial charge < -0.3 is 0 Å². The van der Waals surface area contributed by atoms with Crippen LogP contribution in [0.5, 0.6) is 0 Å². The predicted octanol–water partition coefficient (Wildman–Crippen LogP) is 12.1. The quantitative estimate of drug-likeness (QED) is 0.191. The fraction of sp³-hybridized carbons (Fsp3) is 0.0667. The lowest BCUT2D eigenvalue weighted by molar-refractivity contribution is 0.660. The van der Waals surface area contributed by atoms with Crippen molar-refractivity contribution in [3.63, 3.8) is 0 Å². The molecule has 6 aromatic carbocycles. The van der Waals surface area contributed by atoms with Gasteiger partial charge in [0, 0.05) is 37.7 Å². The van der Waals surface area contributed by atoms with Crippen molar-refractivity contribution in [3.05, 3.63) is 163 Å². The molecule has 232 valence electrons. The SMILES string of the molecule is CC1(C)c2ccccc2-c2c1c(-c1ccc(-c3ccc(-c4nc5ccccc5n4-c4ccccc4)cc3)cc1)nc1sc3ccccc3c21. The summed E-state index contributed by atoms with van der Waals surface area (Å²) in [6.45, 7) is 4.70. The number of benzene rings is 6. The maximum Gasteiger partial charge on any atom is 0.145 e. The first-order valence-electron chi connectivity index (χ1n) is 16.8. The Labute approximate surface area is 288 Å². The van der Waals surface area contributed by atoms with Crippen LogP contribution in [0.4, 0.5) is 0 Å². The van der Waals surface area contributed by atoms with E-state index in [-0.39, 0.29) is 5.41 Å². The first-order valence-corrected chi connectivity index (χ1v) is 17.6. The molecule has 3 nitrogen and oxygen atoms in total. The summed E-state index contributed by atoms with van der Waals surface area (Å²) in [7, 11) is 0. The Balaban J connectivity index is 1.07. The minimum Gasteiger partial charge on any atom is -0.292 e. The van der Waals surface area contributed by atoms with Crippen molar-refractivity contribution in [2.75, 3.05) is 0 Å². The molecule has 10 rings (SSSR count). The molecule has 49 heavy (non-hydrogen) atoms. The number of rotatable bonds is 4. The van der Waals surface area contributed by atoms with Crippen LogP contribution >= 0.6 is 11.3 Å². The van der Waals surface area contributed by atoms with Crippen LogP contribution in [-0.4, -0.2) is 14.5 Å². The Morgan fingerprint density at radius 2 is 1.20 bits per heavy atom. The van der Waals surface area contributed by atoms with E-state index >= 15 is 0 Å². The number of pyridine rings is 1. The second-order valence-corrected chi connectivity index (χ2v) is 14.4. The summed E-state index contributed by atoms with van der Waals surface area (Å²) in [6.07, 6.45) is 0. The van der Waals surface area contributed by atoms with Crippen molar-refractivity contribution < 1.29 is 0 Å². The van der Waals surface area contributed by atoms with Crippen LogP contribution in [0, 0.1) is 0 Å². The third-order valence-electron chi connectivity index (χ3n) is 10.2. The normalized spacial score (nSPS) is 13.3. The van der Waals surface area contributed by atoms with Gasteiger partial charge in [-0.3, -0.25) is 4.57 Å². The molecule has 4 heteroatoms. The molecule has 0 amide bonds. The predicted molar refractivity (Wildman–Crippen MR) is 206 cm³/mol. The zero-order chi connectivity index (χ0) is 32.7. The fourth-order valence-electron chi connectivity index (χ4n) is 7.91. The molecule has 0 spiro atoms. The molecule has 9 aromatic rings. The van der Waals surface area contributed by atoms with Crippen molar-refractivity contribution in [1.29, 1.82) is 0 Å². The number of nitrogens with zero attached hydrogens (tertiary/aromatic N) is 3. The monoisotopic (exact) mass is 645 g/mol. The number of thiophene rings is 1. The number of imidazole rings is 1. The van der Waals surface area contributed by atoms with Crippen molar-refractivity contribution in [1.82, 2.24) is 14.5 Å². The summed E-state index contributed by atoms with van der Waals surface area (Å²) in [6, 6.07) is 54.2. The van der Waals surface area contributed by atoms with Crippen LogP contribution in [-0.2, 0) is 5.41 Å². The Morgan fingerprint density at radius 3 is 2.00 bits per heavy atom. The molecule has 0 bridgehead atoms. The third kappa shape index (κ3) is 4.21. The highest BCUT2D eigenvalue weighted by molar-refractivity contribution is 7.25. The minimum absolute atomic E-state index is 0.170. The van der Waals surface area contributed by atoms with E-state index in [9.17, 15) is 0 Å². The second-order valence-electron chi connectivity index (χ2n) is 13.4. The Bertz CT molecular complexity index is 2720. The average molecular weight is 646 g/mol. The number of para-hydroxylation sites is 3. The highest BCUT2D eigenvalue weighted by Gasteiger charge is 2.40. The molecule has 0 radical (unpaired) electrons. The molecule has 1 aliphatic rings. The van der Waals surface area contributed by atoms with E-state index in [1.165, 1.54) is 48.9 Å². The van der Waals surface area contributed by atoms with Gasteiger partial charge in [0.25, 0.3) is 0 Å². The molecular formula is C45H31N3S. The second kappa shape index (κ2) is 10.6. The lowest BCUT2D eigenvalue weighted by Crippen LogP contribution is -2.16. The van der Waals surface area contributed by atoms with E-state index < -0.39 is 0 Å². The summed E-state index contributed by atoms with van der Waals surface area (Å²) in [5.41, 5.74) is 14.0. The number of aromatic nitrogens is 3. The fourth-order valence-corrected chi connectivity index (χ4v) is 9.00. The molecule has 0 saturated carbocycles. The van der Waals surface area contributed by atoms with Gasteiger partial charge in [0.1, 0.15) is 10.7 Å². The first-order chi connectivity index (χ1) is 24.1. The molecule has 0 N–H and O–H groups in total. The van der Waals surface area contributed by atoms with Crippen molar-refractivity contribution in [2.24, 2.45) is 0 Å². The van der Waals surface area contributed by atoms with Gasteiger partial charge >= 0.3 is 0 Å². The van der Waals surface area contributed by atoms with E-state index in [2.05, 4.69) is 158 Å². The van der Waals surface area contributed by atoms with Gasteiger partial charge in [0.15, 0.2) is 0 Å². The molecule has 3 heterocycles. The van der Waals surface area contributed by atoms with E-state index in [1.807, 2.05) is 12.1 Å². The number of hydrogen-bond donors (Lipinski definition) is 0. The lowest BCUT2D eigenvalue weighted by atomic mass is 9.80. The van der Waals surface area contributed by atoms with Crippen molar-refractivity contribution in [3.8, 4) is 50.6 Å². The highest BCUT2D eigenvalue weighted by Crippen LogP contribution is 2.56. The first kappa shape index (κ1) is 28.2. The summed E-state index contributed by atoms with van der Waals surface area (Å²) in [5, 5.41) is 2.58. The zero-order valence-electron chi connectivity index (χ0n) is 27.2. The van der Waals surface area contributed by atoms with Gasteiger partial charge in [-0.05, 0) is 63.7 Å². The van der Waals surface area contributed by atoms with Crippen LogP contribution in [0.15, 0.2) is 152 Å². The topological polar surface area (TPSA) is 30.7 Å². The van der Waals surface area contributed by atoms with Crippen LogP contribution in [0.3, 0.4) is 0 Å². The summed E-state index contributed by atoms with van der Waals surface area (Å²) in [4.78, 5) is 11.6. The molecular weight excluding hydrogens is 615 g/mol. The molecule has 0 fully saturated rings. The Hall–Kier alpha value is -5.84. The van der Waals surface area contributed by atoms with Gasteiger partial charge in [0.2, 0.25) is 0 Å². The Morgan fingerprint density at radius 1 is 0.571 bits per heavy atom. The third-order valence-corrected chi connectivity index (χ3v) is 11.3. The smallest absolute Gasteiger partial charge is 0.145 e. The van der Waals surface area contributed by atoms with Gasteiger partial charge in [-0.25, -0.2) is 9.97 Å². The lowest BCUT2D eigenvalue weighted by Gasteiger charge is -2.24.